The van der Waals surface area contributed by atoms with Gasteiger partial charge in [-0.05, 0) is 49.8 Å². The van der Waals surface area contributed by atoms with Crippen molar-refractivity contribution in [1.29, 1.82) is 0 Å². The molecule has 0 bridgehead atoms. The number of hydrogen-bond acceptors (Lipinski definition) is 4. The number of aryl methyl sites for hydroxylation is 1. The van der Waals surface area contributed by atoms with Crippen LogP contribution in [0.5, 0.6) is 5.75 Å². The molecule has 0 aliphatic heterocycles. The van der Waals surface area contributed by atoms with Crippen molar-refractivity contribution in [1.82, 2.24) is 5.32 Å². The van der Waals surface area contributed by atoms with Gasteiger partial charge in [0, 0.05) is 18.5 Å². The maximum absolute atomic E-state index is 12.1. The van der Waals surface area contributed by atoms with Crippen molar-refractivity contribution < 1.29 is 14.6 Å². The van der Waals surface area contributed by atoms with Gasteiger partial charge in [0.25, 0.3) is 0 Å². The van der Waals surface area contributed by atoms with Gasteiger partial charge in [-0.3, -0.25) is 4.79 Å². The third-order valence-corrected chi connectivity index (χ3v) is 4.34. The Hall–Kier alpha value is -1.30. The zero-order valence-corrected chi connectivity index (χ0v) is 14.3. The van der Waals surface area contributed by atoms with E-state index in [1.165, 1.54) is 5.56 Å². The third-order valence-electron chi connectivity index (χ3n) is 4.34. The smallest absolute Gasteiger partial charge is 0.223 e. The first kappa shape index (κ1) is 19.7. The van der Waals surface area contributed by atoms with Crippen LogP contribution in [0.2, 0.25) is 0 Å². The van der Waals surface area contributed by atoms with E-state index < -0.39 is 6.10 Å². The first-order chi connectivity index (χ1) is 10.6. The molecule has 130 valence electrons. The fourth-order valence-corrected chi connectivity index (χ4v) is 2.85. The molecular weight excluding hydrogens is 316 g/mol. The Bertz CT molecular complexity index is 481. The second-order valence-electron chi connectivity index (χ2n) is 5.98. The summed E-state index contributed by atoms with van der Waals surface area (Å²) in [5, 5.41) is 12.7. The second kappa shape index (κ2) is 9.75. The lowest BCUT2D eigenvalue weighted by atomic mass is 9.84. The molecule has 1 aliphatic carbocycles. The number of carbonyl (C=O) groups excluding carboxylic acids is 1. The first-order valence-electron chi connectivity index (χ1n) is 7.94. The van der Waals surface area contributed by atoms with Crippen molar-refractivity contribution in [2.24, 2.45) is 11.7 Å². The molecule has 1 aliphatic rings. The predicted molar refractivity (Wildman–Crippen MR) is 92.9 cm³/mol. The minimum atomic E-state index is -0.552. The lowest BCUT2D eigenvalue weighted by molar-refractivity contribution is -0.127. The highest BCUT2D eigenvalue weighted by molar-refractivity contribution is 5.85. The first-order valence-corrected chi connectivity index (χ1v) is 7.94. The van der Waals surface area contributed by atoms with E-state index in [1.807, 2.05) is 24.3 Å². The number of aliphatic hydroxyl groups is 1. The van der Waals surface area contributed by atoms with Crippen molar-refractivity contribution in [3.63, 3.8) is 0 Å². The van der Waals surface area contributed by atoms with Gasteiger partial charge in [-0.1, -0.05) is 12.1 Å². The summed E-state index contributed by atoms with van der Waals surface area (Å²) >= 11 is 0. The Balaban J connectivity index is 0.00000264. The second-order valence-corrected chi connectivity index (χ2v) is 5.98. The normalized spacial score (nSPS) is 23.7. The minimum absolute atomic E-state index is 0. The summed E-state index contributed by atoms with van der Waals surface area (Å²) < 4.78 is 5.12. The summed E-state index contributed by atoms with van der Waals surface area (Å²) in [6.45, 7) is 0.656. The summed E-state index contributed by atoms with van der Waals surface area (Å²) in [5.74, 6) is 0.794. The van der Waals surface area contributed by atoms with Gasteiger partial charge < -0.3 is 20.9 Å². The maximum Gasteiger partial charge on any atom is 0.223 e. The van der Waals surface area contributed by atoms with Crippen LogP contribution in [0.4, 0.5) is 0 Å². The monoisotopic (exact) mass is 342 g/mol. The number of benzene rings is 1. The Morgan fingerprint density at radius 2 is 2.04 bits per heavy atom. The Morgan fingerprint density at radius 1 is 1.35 bits per heavy atom. The van der Waals surface area contributed by atoms with E-state index >= 15 is 0 Å². The molecule has 1 aromatic carbocycles. The molecule has 1 amide bonds. The number of halogens is 1. The molecule has 5 nitrogen and oxygen atoms in total. The average Bonchev–Trinajstić information content (AvgIpc) is 2.54. The Labute approximate surface area is 144 Å². The van der Waals surface area contributed by atoms with Crippen molar-refractivity contribution in [3.8, 4) is 5.75 Å². The molecule has 0 radical (unpaired) electrons. The molecular formula is C17H27ClN2O3. The van der Waals surface area contributed by atoms with E-state index in [0.29, 0.717) is 19.4 Å². The predicted octanol–water partition coefficient (Wildman–Crippen LogP) is 1.65. The number of hydrogen-bond donors (Lipinski definition) is 3. The molecule has 2 rings (SSSR count). The quantitative estimate of drug-likeness (QED) is 0.686. The zero-order chi connectivity index (χ0) is 15.9. The van der Waals surface area contributed by atoms with Crippen LogP contribution in [0, 0.1) is 5.92 Å². The Morgan fingerprint density at radius 3 is 2.65 bits per heavy atom. The zero-order valence-electron chi connectivity index (χ0n) is 13.5. The standard InChI is InChI=1S/C17H26N2O3.ClH/c1-22-14-7-4-12(5-8-14)3-2-10-19-17(21)13-6-9-15(18)16(20)11-13;/h4-5,7-8,13,15-16,20H,2-3,6,9-11,18H2,1H3,(H,19,21);1H/t13-,15+,16+;/m0./s1. The molecule has 1 saturated carbocycles. The molecule has 23 heavy (non-hydrogen) atoms. The number of rotatable bonds is 6. The highest BCUT2D eigenvalue weighted by atomic mass is 35.5. The summed E-state index contributed by atoms with van der Waals surface area (Å²) in [4.78, 5) is 12.1. The molecule has 0 spiro atoms. The van der Waals surface area contributed by atoms with Gasteiger partial charge in [-0.15, -0.1) is 12.4 Å². The van der Waals surface area contributed by atoms with Crippen molar-refractivity contribution >= 4 is 18.3 Å². The van der Waals surface area contributed by atoms with E-state index in [0.717, 1.165) is 25.0 Å². The maximum atomic E-state index is 12.1. The van der Waals surface area contributed by atoms with Crippen LogP contribution < -0.4 is 15.8 Å². The van der Waals surface area contributed by atoms with Crippen molar-refractivity contribution in [2.45, 2.75) is 44.2 Å². The van der Waals surface area contributed by atoms with Gasteiger partial charge in [-0.25, -0.2) is 0 Å². The van der Waals surface area contributed by atoms with Gasteiger partial charge in [0.2, 0.25) is 5.91 Å². The molecule has 1 aromatic rings. The molecule has 0 aromatic heterocycles. The van der Waals surface area contributed by atoms with Crippen LogP contribution >= 0.6 is 12.4 Å². The van der Waals surface area contributed by atoms with Crippen LogP contribution in [-0.2, 0) is 11.2 Å². The summed E-state index contributed by atoms with van der Waals surface area (Å²) in [6, 6.07) is 7.79. The number of methoxy groups -OCH3 is 1. The van der Waals surface area contributed by atoms with Gasteiger partial charge >= 0.3 is 0 Å². The molecule has 3 atom stereocenters. The molecule has 1 fully saturated rings. The largest absolute Gasteiger partial charge is 0.497 e. The minimum Gasteiger partial charge on any atom is -0.497 e. The highest BCUT2D eigenvalue weighted by Gasteiger charge is 2.30. The van der Waals surface area contributed by atoms with E-state index in [9.17, 15) is 9.90 Å². The number of ether oxygens (including phenoxy) is 1. The number of aliphatic hydroxyl groups excluding tert-OH is 1. The molecule has 0 unspecified atom stereocenters. The average molecular weight is 343 g/mol. The van der Waals surface area contributed by atoms with E-state index in [4.69, 9.17) is 10.5 Å². The van der Waals surface area contributed by atoms with Crippen LogP contribution in [0.25, 0.3) is 0 Å². The van der Waals surface area contributed by atoms with Crippen LogP contribution in [0.15, 0.2) is 24.3 Å². The Kier molecular flexibility index (Phi) is 8.37. The van der Waals surface area contributed by atoms with Gasteiger partial charge in [0.15, 0.2) is 0 Å². The van der Waals surface area contributed by atoms with E-state index in [1.54, 1.807) is 7.11 Å². The van der Waals surface area contributed by atoms with E-state index in [-0.39, 0.29) is 30.3 Å². The SMILES string of the molecule is COc1ccc(CCCNC(=O)[C@H]2CC[C@@H](N)[C@H](O)C2)cc1.Cl. The van der Waals surface area contributed by atoms with Crippen LogP contribution in [0.3, 0.4) is 0 Å². The third kappa shape index (κ3) is 6.01. The molecule has 4 N–H and O–H groups in total. The van der Waals surface area contributed by atoms with Gasteiger partial charge in [0.05, 0.1) is 13.2 Å². The van der Waals surface area contributed by atoms with Crippen molar-refractivity contribution in [3.05, 3.63) is 29.8 Å². The number of nitrogens with two attached hydrogens (primary N) is 1. The lowest BCUT2D eigenvalue weighted by Crippen LogP contribution is -2.44. The number of amides is 1. The summed E-state index contributed by atoms with van der Waals surface area (Å²) in [7, 11) is 1.65. The van der Waals surface area contributed by atoms with Crippen LogP contribution in [-0.4, -0.2) is 36.8 Å². The summed E-state index contributed by atoms with van der Waals surface area (Å²) in [5.41, 5.74) is 6.99. The summed E-state index contributed by atoms with van der Waals surface area (Å²) in [6.07, 6.45) is 3.22. The fourth-order valence-electron chi connectivity index (χ4n) is 2.85. The fraction of sp³-hybridized carbons (Fsp3) is 0.588. The topological polar surface area (TPSA) is 84.6 Å². The van der Waals surface area contributed by atoms with E-state index in [2.05, 4.69) is 5.32 Å². The highest BCUT2D eigenvalue weighted by Crippen LogP contribution is 2.23. The van der Waals surface area contributed by atoms with Gasteiger partial charge in [0.1, 0.15) is 5.75 Å². The van der Waals surface area contributed by atoms with Gasteiger partial charge in [-0.2, -0.15) is 0 Å². The number of carbonyl (C=O) groups is 1. The van der Waals surface area contributed by atoms with Crippen molar-refractivity contribution in [2.75, 3.05) is 13.7 Å². The molecule has 0 saturated heterocycles. The van der Waals surface area contributed by atoms with Crippen LogP contribution in [0.1, 0.15) is 31.2 Å². The molecule has 0 heterocycles. The lowest BCUT2D eigenvalue weighted by Gasteiger charge is -2.29. The molecule has 6 heteroatoms. The number of nitrogens with one attached hydrogen (secondary N) is 1.